The fourth-order valence-electron chi connectivity index (χ4n) is 6.92. The molecule has 3 atom stereocenters. The van der Waals surface area contributed by atoms with E-state index in [-0.39, 0.29) is 5.91 Å². The predicted octanol–water partition coefficient (Wildman–Crippen LogP) is 6.15. The number of benzene rings is 2. The summed E-state index contributed by atoms with van der Waals surface area (Å²) < 4.78 is 0. The van der Waals surface area contributed by atoms with Gasteiger partial charge in [0.05, 0.1) is 17.3 Å². The van der Waals surface area contributed by atoms with E-state index in [9.17, 15) is 4.79 Å². The van der Waals surface area contributed by atoms with E-state index in [1.165, 1.54) is 58.3 Å². The van der Waals surface area contributed by atoms with Crippen LogP contribution in [-0.2, 0) is 13.0 Å². The first kappa shape index (κ1) is 23.4. The number of hydrogen-bond donors (Lipinski definition) is 1. The molecular weight excluding hydrogens is 468 g/mol. The van der Waals surface area contributed by atoms with Gasteiger partial charge in [0.25, 0.3) is 5.91 Å². The Kier molecular flexibility index (Phi) is 5.67. The molecule has 2 aromatic carbocycles. The molecule has 4 aliphatic rings. The van der Waals surface area contributed by atoms with Gasteiger partial charge in [-0.2, -0.15) is 5.26 Å². The Labute approximate surface area is 224 Å². The zero-order valence-corrected chi connectivity index (χ0v) is 21.8. The smallest absolute Gasteiger partial charge is 0.254 e. The molecule has 7 rings (SSSR count). The van der Waals surface area contributed by atoms with E-state index in [1.807, 2.05) is 4.90 Å². The summed E-state index contributed by atoms with van der Waals surface area (Å²) in [5.74, 6) is 1.29. The van der Waals surface area contributed by atoms with Crippen molar-refractivity contribution in [2.45, 2.75) is 57.5 Å². The maximum absolute atomic E-state index is 13.4. The molecule has 1 N–H and O–H groups in total. The third-order valence-corrected chi connectivity index (χ3v) is 9.17. The van der Waals surface area contributed by atoms with Crippen molar-refractivity contribution in [3.8, 4) is 17.2 Å². The second-order valence-corrected chi connectivity index (χ2v) is 11.4. The summed E-state index contributed by atoms with van der Waals surface area (Å²) in [5, 5.41) is 12.8. The number of carbonyl (C=O) groups excluding carboxylic acids is 1. The lowest BCUT2D eigenvalue weighted by atomic mass is 9.66. The minimum Gasteiger partial charge on any atom is -0.334 e. The van der Waals surface area contributed by atoms with Crippen molar-refractivity contribution in [3.05, 3.63) is 93.8 Å². The number of rotatable bonds is 3. The summed E-state index contributed by atoms with van der Waals surface area (Å²) in [7, 11) is 0. The van der Waals surface area contributed by atoms with Crippen molar-refractivity contribution in [3.63, 3.8) is 0 Å². The molecule has 3 heterocycles. The van der Waals surface area contributed by atoms with Crippen molar-refractivity contribution < 1.29 is 4.79 Å². The van der Waals surface area contributed by atoms with E-state index >= 15 is 0 Å². The van der Waals surface area contributed by atoms with E-state index in [4.69, 9.17) is 10.2 Å². The first-order chi connectivity index (χ1) is 18.6. The molecule has 5 nitrogen and oxygen atoms in total. The number of hydrogen-bond acceptors (Lipinski definition) is 4. The number of nitriles is 1. The maximum Gasteiger partial charge on any atom is 0.254 e. The van der Waals surface area contributed by atoms with Gasteiger partial charge in [-0.3, -0.25) is 9.78 Å². The normalized spacial score (nSPS) is 23.4. The number of pyridine rings is 1. The van der Waals surface area contributed by atoms with Gasteiger partial charge < -0.3 is 10.2 Å². The number of nitrogens with zero attached hydrogens (tertiary/aromatic N) is 3. The van der Waals surface area contributed by atoms with Gasteiger partial charge in [0.2, 0.25) is 0 Å². The van der Waals surface area contributed by atoms with Gasteiger partial charge >= 0.3 is 0 Å². The fourth-order valence-corrected chi connectivity index (χ4v) is 6.92. The molecule has 0 bridgehead atoms. The molecule has 1 amide bonds. The molecule has 0 radical (unpaired) electrons. The summed E-state index contributed by atoms with van der Waals surface area (Å²) in [4.78, 5) is 20.4. The molecule has 2 aliphatic carbocycles. The van der Waals surface area contributed by atoms with Crippen LogP contribution in [0.3, 0.4) is 0 Å². The number of nitrogens with one attached hydrogen (secondary N) is 1. The molecule has 1 unspecified atom stereocenters. The highest BCUT2D eigenvalue weighted by Gasteiger charge is 2.36. The minimum absolute atomic E-state index is 0.0253. The highest BCUT2D eigenvalue weighted by molar-refractivity contribution is 5.94. The third-order valence-electron chi connectivity index (χ3n) is 9.17. The number of fused-ring (bicyclic) bond motifs is 4. The van der Waals surface area contributed by atoms with E-state index in [0.717, 1.165) is 24.9 Å². The standard InChI is InChI=1S/C33H32N4O/c1-20-13-23-8-9-28(23)32-29(20)16-25(18-36-32)24-14-26-19-37(33(38)22-6-4-21(17-34)5-7-22)12-10-27(26)30(15-24)31-3-2-11-35-31/h4-7,13-16,18,23,28,31,35H,2-3,8-12,19H2,1H3/t23-,28?,31-/m0/s1. The molecule has 3 aromatic rings. The second kappa shape index (κ2) is 9.22. The lowest BCUT2D eigenvalue weighted by molar-refractivity contribution is 0.0734. The molecule has 1 saturated carbocycles. The average molecular weight is 501 g/mol. The zero-order valence-electron chi connectivity index (χ0n) is 21.8. The minimum atomic E-state index is 0.0253. The Bertz CT molecular complexity index is 1510. The van der Waals surface area contributed by atoms with Gasteiger partial charge in [-0.15, -0.1) is 0 Å². The van der Waals surface area contributed by atoms with Crippen molar-refractivity contribution in [1.29, 1.82) is 5.26 Å². The number of amides is 1. The SMILES string of the molecule is CC1=C[C@@H]2CCC2c2ncc(-c3cc4c(c([C@@H]5CCCN5)c3)CCN(C(=O)c3ccc(C#N)cc3)C4)cc21. The summed E-state index contributed by atoms with van der Waals surface area (Å²) in [5.41, 5.74) is 11.5. The van der Waals surface area contributed by atoms with Crippen LogP contribution in [0.25, 0.3) is 16.7 Å². The highest BCUT2D eigenvalue weighted by Crippen LogP contribution is 2.49. The number of carbonyl (C=O) groups is 1. The van der Waals surface area contributed by atoms with Crippen LogP contribution < -0.4 is 5.32 Å². The van der Waals surface area contributed by atoms with Gasteiger partial charge in [-0.25, -0.2) is 0 Å². The Hall–Kier alpha value is -3.75. The van der Waals surface area contributed by atoms with Crippen LogP contribution in [-0.4, -0.2) is 28.9 Å². The largest absolute Gasteiger partial charge is 0.334 e. The maximum atomic E-state index is 13.4. The molecular formula is C33H32N4O. The van der Waals surface area contributed by atoms with Gasteiger partial charge in [0, 0.05) is 42.4 Å². The zero-order chi connectivity index (χ0) is 25.8. The van der Waals surface area contributed by atoms with E-state index in [0.29, 0.717) is 42.1 Å². The van der Waals surface area contributed by atoms with Gasteiger partial charge in [-0.1, -0.05) is 6.08 Å². The first-order valence-electron chi connectivity index (χ1n) is 14.0. The molecule has 0 spiro atoms. The lowest BCUT2D eigenvalue weighted by Gasteiger charge is -2.39. The number of aromatic nitrogens is 1. The van der Waals surface area contributed by atoms with Gasteiger partial charge in [0.15, 0.2) is 0 Å². The highest BCUT2D eigenvalue weighted by atomic mass is 16.2. The summed E-state index contributed by atoms with van der Waals surface area (Å²) >= 11 is 0. The second-order valence-electron chi connectivity index (χ2n) is 11.4. The topological polar surface area (TPSA) is 69.0 Å². The average Bonchev–Trinajstić information content (AvgIpc) is 3.48. The molecule has 2 aliphatic heterocycles. The summed E-state index contributed by atoms with van der Waals surface area (Å²) in [6, 6.07) is 16.5. The van der Waals surface area contributed by atoms with Crippen molar-refractivity contribution >= 4 is 11.5 Å². The van der Waals surface area contributed by atoms with E-state index in [1.54, 1.807) is 24.3 Å². The molecule has 38 heavy (non-hydrogen) atoms. The van der Waals surface area contributed by atoms with E-state index < -0.39 is 0 Å². The molecule has 190 valence electrons. The van der Waals surface area contributed by atoms with Gasteiger partial charge in [0.1, 0.15) is 0 Å². The third kappa shape index (κ3) is 3.87. The van der Waals surface area contributed by atoms with Crippen LogP contribution in [0.1, 0.15) is 88.4 Å². The lowest BCUT2D eigenvalue weighted by Crippen LogP contribution is -2.36. The Balaban J connectivity index is 1.26. The molecule has 2 fully saturated rings. The van der Waals surface area contributed by atoms with Crippen molar-refractivity contribution in [2.75, 3.05) is 13.1 Å². The van der Waals surface area contributed by atoms with Crippen LogP contribution >= 0.6 is 0 Å². The summed E-state index contributed by atoms with van der Waals surface area (Å²) in [6.45, 7) is 4.59. The Morgan fingerprint density at radius 1 is 1.11 bits per heavy atom. The van der Waals surface area contributed by atoms with Crippen LogP contribution in [0.15, 0.2) is 54.7 Å². The van der Waals surface area contributed by atoms with Crippen molar-refractivity contribution in [2.24, 2.45) is 5.92 Å². The van der Waals surface area contributed by atoms with E-state index in [2.05, 4.69) is 48.8 Å². The van der Waals surface area contributed by atoms with Crippen LogP contribution in [0.2, 0.25) is 0 Å². The van der Waals surface area contributed by atoms with Crippen molar-refractivity contribution in [1.82, 2.24) is 15.2 Å². The van der Waals surface area contributed by atoms with Crippen LogP contribution in [0.4, 0.5) is 0 Å². The first-order valence-corrected chi connectivity index (χ1v) is 14.0. The quantitative estimate of drug-likeness (QED) is 0.468. The van der Waals surface area contributed by atoms with Crippen LogP contribution in [0.5, 0.6) is 0 Å². The van der Waals surface area contributed by atoms with Gasteiger partial charge in [-0.05, 0) is 127 Å². The Morgan fingerprint density at radius 3 is 2.71 bits per heavy atom. The number of allylic oxidation sites excluding steroid dienone is 2. The summed E-state index contributed by atoms with van der Waals surface area (Å²) in [6.07, 6.45) is 10.3. The predicted molar refractivity (Wildman–Crippen MR) is 148 cm³/mol. The Morgan fingerprint density at radius 2 is 1.97 bits per heavy atom. The molecule has 5 heteroatoms. The molecule has 1 saturated heterocycles. The monoisotopic (exact) mass is 500 g/mol. The fraction of sp³-hybridized carbons (Fsp3) is 0.364. The van der Waals surface area contributed by atoms with Crippen LogP contribution in [0, 0.1) is 17.2 Å². The molecule has 1 aromatic heterocycles.